The minimum atomic E-state index is 0.0384. The predicted octanol–water partition coefficient (Wildman–Crippen LogP) is 2.32. The SMILES string of the molecule is CC(CCCCCC1OCCO1)C1OCCO1. The van der Waals surface area contributed by atoms with E-state index in [2.05, 4.69) is 6.92 Å². The molecule has 2 aliphatic rings. The number of ether oxygens (including phenoxy) is 4. The Labute approximate surface area is 104 Å². The van der Waals surface area contributed by atoms with Gasteiger partial charge in [0.15, 0.2) is 12.6 Å². The molecule has 0 spiro atoms. The van der Waals surface area contributed by atoms with Crippen molar-refractivity contribution in [2.75, 3.05) is 26.4 Å². The van der Waals surface area contributed by atoms with Crippen LogP contribution in [-0.4, -0.2) is 39.0 Å². The van der Waals surface area contributed by atoms with E-state index in [9.17, 15) is 0 Å². The predicted molar refractivity (Wildman–Crippen MR) is 63.6 cm³/mol. The lowest BCUT2D eigenvalue weighted by atomic mass is 10.0. The lowest BCUT2D eigenvalue weighted by molar-refractivity contribution is -0.0809. The second-order valence-electron chi connectivity index (χ2n) is 4.90. The molecule has 0 aliphatic carbocycles. The number of hydrogen-bond donors (Lipinski definition) is 0. The average Bonchev–Trinajstić information content (AvgIpc) is 3.01. The van der Waals surface area contributed by atoms with E-state index in [0.29, 0.717) is 5.92 Å². The Bertz CT molecular complexity index is 198. The molecule has 0 aromatic carbocycles. The Morgan fingerprint density at radius 3 is 2.24 bits per heavy atom. The zero-order valence-electron chi connectivity index (χ0n) is 10.7. The zero-order valence-corrected chi connectivity index (χ0v) is 10.7. The quantitative estimate of drug-likeness (QED) is 0.644. The highest BCUT2D eigenvalue weighted by atomic mass is 16.7. The minimum Gasteiger partial charge on any atom is -0.350 e. The molecule has 0 aromatic heterocycles. The fraction of sp³-hybridized carbons (Fsp3) is 1.00. The van der Waals surface area contributed by atoms with Crippen molar-refractivity contribution in [2.45, 2.75) is 51.6 Å². The van der Waals surface area contributed by atoms with Crippen LogP contribution in [0.15, 0.2) is 0 Å². The van der Waals surface area contributed by atoms with Crippen molar-refractivity contribution in [3.8, 4) is 0 Å². The molecule has 17 heavy (non-hydrogen) atoms. The molecule has 100 valence electrons. The second kappa shape index (κ2) is 7.31. The lowest BCUT2D eigenvalue weighted by Gasteiger charge is -2.17. The van der Waals surface area contributed by atoms with Crippen LogP contribution in [0.3, 0.4) is 0 Å². The van der Waals surface area contributed by atoms with Gasteiger partial charge in [-0.15, -0.1) is 0 Å². The molecule has 2 saturated heterocycles. The van der Waals surface area contributed by atoms with Crippen LogP contribution >= 0.6 is 0 Å². The molecule has 1 atom stereocenters. The van der Waals surface area contributed by atoms with Crippen LogP contribution in [0.4, 0.5) is 0 Å². The molecule has 2 aliphatic heterocycles. The molecule has 0 saturated carbocycles. The van der Waals surface area contributed by atoms with Crippen molar-refractivity contribution in [2.24, 2.45) is 5.92 Å². The van der Waals surface area contributed by atoms with E-state index in [1.807, 2.05) is 0 Å². The summed E-state index contributed by atoms with van der Waals surface area (Å²) in [5.74, 6) is 0.511. The van der Waals surface area contributed by atoms with Gasteiger partial charge in [0.1, 0.15) is 0 Å². The van der Waals surface area contributed by atoms with E-state index >= 15 is 0 Å². The summed E-state index contributed by atoms with van der Waals surface area (Å²) in [6.07, 6.45) is 5.97. The van der Waals surface area contributed by atoms with Crippen LogP contribution in [0.1, 0.15) is 39.0 Å². The summed E-state index contributed by atoms with van der Waals surface area (Å²) in [6, 6.07) is 0. The maximum absolute atomic E-state index is 5.49. The minimum absolute atomic E-state index is 0.0384. The number of hydrogen-bond acceptors (Lipinski definition) is 4. The Kier molecular flexibility index (Phi) is 5.71. The van der Waals surface area contributed by atoms with Crippen LogP contribution in [0.5, 0.6) is 0 Å². The van der Waals surface area contributed by atoms with Crippen molar-refractivity contribution in [1.82, 2.24) is 0 Å². The van der Waals surface area contributed by atoms with E-state index < -0.39 is 0 Å². The van der Waals surface area contributed by atoms with Gasteiger partial charge >= 0.3 is 0 Å². The molecule has 2 heterocycles. The van der Waals surface area contributed by atoms with Gasteiger partial charge in [-0.05, 0) is 19.3 Å². The van der Waals surface area contributed by atoms with Gasteiger partial charge in [0.25, 0.3) is 0 Å². The molecule has 1 unspecified atom stereocenters. The first-order valence-corrected chi connectivity index (χ1v) is 6.82. The highest BCUT2D eigenvalue weighted by molar-refractivity contribution is 4.62. The highest BCUT2D eigenvalue weighted by Gasteiger charge is 2.22. The Morgan fingerprint density at radius 2 is 1.53 bits per heavy atom. The fourth-order valence-electron chi connectivity index (χ4n) is 2.37. The molecule has 4 nitrogen and oxygen atoms in total. The summed E-state index contributed by atoms with van der Waals surface area (Å²) >= 11 is 0. The van der Waals surface area contributed by atoms with Gasteiger partial charge in [-0.3, -0.25) is 0 Å². The summed E-state index contributed by atoms with van der Waals surface area (Å²) in [4.78, 5) is 0. The first-order chi connectivity index (χ1) is 8.36. The van der Waals surface area contributed by atoms with E-state index in [0.717, 1.165) is 32.8 Å². The van der Waals surface area contributed by atoms with Gasteiger partial charge in [0, 0.05) is 5.92 Å². The summed E-state index contributed by atoms with van der Waals surface area (Å²) in [7, 11) is 0. The molecule has 0 bridgehead atoms. The van der Waals surface area contributed by atoms with Gasteiger partial charge in [-0.2, -0.15) is 0 Å². The molecule has 2 fully saturated rings. The first-order valence-electron chi connectivity index (χ1n) is 6.82. The smallest absolute Gasteiger partial charge is 0.160 e. The Hall–Kier alpha value is -0.160. The molecule has 0 radical (unpaired) electrons. The molecular weight excluding hydrogens is 220 g/mol. The van der Waals surface area contributed by atoms with Gasteiger partial charge < -0.3 is 18.9 Å². The number of rotatable bonds is 7. The van der Waals surface area contributed by atoms with Crippen LogP contribution < -0.4 is 0 Å². The molecule has 0 aromatic rings. The van der Waals surface area contributed by atoms with Gasteiger partial charge in [-0.25, -0.2) is 0 Å². The van der Waals surface area contributed by atoms with Crippen molar-refractivity contribution < 1.29 is 18.9 Å². The van der Waals surface area contributed by atoms with Crippen LogP contribution in [0.2, 0.25) is 0 Å². The standard InChI is InChI=1S/C13H24O4/c1-11(13-16-9-10-17-13)5-3-2-4-6-12-14-7-8-15-12/h11-13H,2-10H2,1H3. The molecular formula is C13H24O4. The zero-order chi connectivity index (χ0) is 11.9. The maximum atomic E-state index is 5.49. The van der Waals surface area contributed by atoms with E-state index in [1.165, 1.54) is 25.7 Å². The van der Waals surface area contributed by atoms with Crippen LogP contribution in [0.25, 0.3) is 0 Å². The summed E-state index contributed by atoms with van der Waals surface area (Å²) in [6.45, 7) is 5.24. The second-order valence-corrected chi connectivity index (χ2v) is 4.90. The fourth-order valence-corrected chi connectivity index (χ4v) is 2.37. The molecule has 0 N–H and O–H groups in total. The third-order valence-electron chi connectivity index (χ3n) is 3.40. The van der Waals surface area contributed by atoms with Crippen LogP contribution in [0, 0.1) is 5.92 Å². The van der Waals surface area contributed by atoms with E-state index in [4.69, 9.17) is 18.9 Å². The molecule has 4 heteroatoms. The topological polar surface area (TPSA) is 36.9 Å². The van der Waals surface area contributed by atoms with Crippen molar-refractivity contribution in [1.29, 1.82) is 0 Å². The van der Waals surface area contributed by atoms with Crippen molar-refractivity contribution >= 4 is 0 Å². The van der Waals surface area contributed by atoms with E-state index in [1.54, 1.807) is 0 Å². The molecule has 0 amide bonds. The average molecular weight is 244 g/mol. The van der Waals surface area contributed by atoms with Crippen LogP contribution in [-0.2, 0) is 18.9 Å². The van der Waals surface area contributed by atoms with Gasteiger partial charge in [-0.1, -0.05) is 19.8 Å². The third-order valence-corrected chi connectivity index (χ3v) is 3.40. The maximum Gasteiger partial charge on any atom is 0.160 e. The largest absolute Gasteiger partial charge is 0.350 e. The first kappa shape index (κ1) is 13.3. The Balaban J connectivity index is 1.45. The summed E-state index contributed by atoms with van der Waals surface area (Å²) in [5.41, 5.74) is 0. The lowest BCUT2D eigenvalue weighted by Crippen LogP contribution is -2.18. The third kappa shape index (κ3) is 4.54. The summed E-state index contributed by atoms with van der Waals surface area (Å²) in [5, 5.41) is 0. The Morgan fingerprint density at radius 1 is 0.882 bits per heavy atom. The van der Waals surface area contributed by atoms with Gasteiger partial charge in [0.2, 0.25) is 0 Å². The van der Waals surface area contributed by atoms with E-state index in [-0.39, 0.29) is 12.6 Å². The number of unbranched alkanes of at least 4 members (excludes halogenated alkanes) is 2. The summed E-state index contributed by atoms with van der Waals surface area (Å²) < 4.78 is 21.8. The highest BCUT2D eigenvalue weighted by Crippen LogP contribution is 2.21. The van der Waals surface area contributed by atoms with Gasteiger partial charge in [0.05, 0.1) is 26.4 Å². The monoisotopic (exact) mass is 244 g/mol. The molecule has 2 rings (SSSR count). The normalized spacial score (nSPS) is 24.5. The van der Waals surface area contributed by atoms with Crippen molar-refractivity contribution in [3.63, 3.8) is 0 Å². The van der Waals surface area contributed by atoms with Crippen molar-refractivity contribution in [3.05, 3.63) is 0 Å².